The lowest BCUT2D eigenvalue weighted by atomic mass is 10.2. The van der Waals surface area contributed by atoms with Crippen LogP contribution >= 0.6 is 0 Å². The summed E-state index contributed by atoms with van der Waals surface area (Å²) in [5, 5.41) is 8.46. The second-order valence-corrected chi connectivity index (χ2v) is 2.44. The molecule has 0 fully saturated rings. The van der Waals surface area contributed by atoms with E-state index in [0.717, 1.165) is 11.1 Å². The number of aliphatic carboxylic acids is 1. The van der Waals surface area contributed by atoms with E-state index in [4.69, 9.17) is 9.52 Å². The van der Waals surface area contributed by atoms with Gasteiger partial charge in [-0.15, -0.1) is 0 Å². The van der Waals surface area contributed by atoms with Gasteiger partial charge in [-0.1, -0.05) is 0 Å². The number of benzene rings is 1. The highest BCUT2D eigenvalue weighted by molar-refractivity contribution is 5.77. The molecule has 0 aliphatic rings. The molecule has 0 aliphatic carbocycles. The average molecular weight is 150 g/mol. The van der Waals surface area contributed by atoms with E-state index < -0.39 is 5.97 Å². The summed E-state index contributed by atoms with van der Waals surface area (Å²) >= 11 is 0. The first-order chi connectivity index (χ1) is 5.25. The fourth-order valence-corrected chi connectivity index (χ4v) is 1.15. The summed E-state index contributed by atoms with van der Waals surface area (Å²) in [6.45, 7) is 0. The van der Waals surface area contributed by atoms with Crippen molar-refractivity contribution < 1.29 is 14.3 Å². The summed E-state index contributed by atoms with van der Waals surface area (Å²) in [4.78, 5) is 10.3. The Kier molecular flexibility index (Phi) is 1.12. The van der Waals surface area contributed by atoms with E-state index in [-0.39, 0.29) is 6.42 Å². The first-order valence-corrected chi connectivity index (χ1v) is 3.28. The van der Waals surface area contributed by atoms with E-state index in [1.807, 2.05) is 6.07 Å². The zero-order chi connectivity index (χ0) is 7.84. The Morgan fingerprint density at radius 2 is 2.36 bits per heavy atom. The second kappa shape index (κ2) is 1.99. The van der Waals surface area contributed by atoms with Gasteiger partial charge < -0.3 is 9.52 Å². The Morgan fingerprint density at radius 1 is 1.55 bits per heavy atom. The predicted molar refractivity (Wildman–Crippen MR) is 38.7 cm³/mol. The van der Waals surface area contributed by atoms with Gasteiger partial charge in [-0.2, -0.15) is 0 Å². The molecule has 0 aromatic carbocycles. The Balaban J connectivity index is 2.39. The van der Waals surface area contributed by atoms with Crippen LogP contribution < -0.4 is 0 Å². The molecule has 2 rings (SSSR count). The van der Waals surface area contributed by atoms with Crippen LogP contribution in [0.2, 0.25) is 0 Å². The Hall–Kier alpha value is -1.51. The summed E-state index contributed by atoms with van der Waals surface area (Å²) in [6, 6.07) is 5.36. The first-order valence-electron chi connectivity index (χ1n) is 3.28. The van der Waals surface area contributed by atoms with Gasteiger partial charge in [-0.25, -0.2) is 0 Å². The van der Waals surface area contributed by atoms with Crippen molar-refractivity contribution in [3.05, 3.63) is 23.8 Å². The molecule has 0 aliphatic heterocycles. The van der Waals surface area contributed by atoms with Gasteiger partial charge in [0.15, 0.2) is 0 Å². The van der Waals surface area contributed by atoms with Crippen molar-refractivity contribution in [1.82, 2.24) is 0 Å². The predicted octanol–water partition coefficient (Wildman–Crippen LogP) is 1.50. The molecule has 1 N–H and O–H groups in total. The number of carboxylic acid groups (broad SMARTS) is 1. The van der Waals surface area contributed by atoms with Gasteiger partial charge in [0.25, 0.3) is 0 Å². The number of furan rings is 2. The number of carboxylic acids is 1. The molecular weight excluding hydrogens is 144 g/mol. The molecule has 0 saturated heterocycles. The molecule has 2 heterocycles. The van der Waals surface area contributed by atoms with Gasteiger partial charge in [-0.3, -0.25) is 4.79 Å². The summed E-state index contributed by atoms with van der Waals surface area (Å²) < 4.78 is 5.15. The van der Waals surface area contributed by atoms with Gasteiger partial charge >= 0.3 is 5.97 Å². The molecule has 0 radical (unpaired) electrons. The van der Waals surface area contributed by atoms with Crippen molar-refractivity contribution in [3.63, 3.8) is 0 Å². The highest BCUT2D eigenvalue weighted by atomic mass is 16.4. The maximum Gasteiger partial charge on any atom is 0.307 e. The number of rotatable bonds is 2. The second-order valence-electron chi connectivity index (χ2n) is 2.44. The van der Waals surface area contributed by atoms with Crippen LogP contribution in [-0.2, 0) is 11.2 Å². The summed E-state index contributed by atoms with van der Waals surface area (Å²) in [5.74, 6) is -0.825. The third-order valence-corrected chi connectivity index (χ3v) is 1.60. The fraction of sp³-hybridized carbons (Fsp3) is 0.125. The maximum absolute atomic E-state index is 10.3. The van der Waals surface area contributed by atoms with Crippen molar-refractivity contribution in [1.29, 1.82) is 0 Å². The molecule has 3 heteroatoms. The highest BCUT2D eigenvalue weighted by Crippen LogP contribution is 2.21. The van der Waals surface area contributed by atoms with Crippen LogP contribution in [0.5, 0.6) is 0 Å². The summed E-state index contributed by atoms with van der Waals surface area (Å²) in [5.41, 5.74) is 2.19. The van der Waals surface area contributed by atoms with Crippen LogP contribution in [0.1, 0.15) is 5.56 Å². The van der Waals surface area contributed by atoms with Crippen molar-refractivity contribution in [3.8, 4) is 0 Å². The molecular formula is C8H6O3. The summed E-state index contributed by atoms with van der Waals surface area (Å²) in [7, 11) is 0. The standard InChI is InChI=1S/C8H6O3/c9-8(10)4-5-3-6-1-2-7(5)11-6/h1-3H,4H2,(H,9,10). The largest absolute Gasteiger partial charge is 0.481 e. The Labute approximate surface area is 62.6 Å². The van der Waals surface area contributed by atoms with E-state index in [1.165, 1.54) is 0 Å². The molecule has 0 amide bonds. The van der Waals surface area contributed by atoms with E-state index >= 15 is 0 Å². The number of carbonyl (C=O) groups is 1. The van der Waals surface area contributed by atoms with E-state index in [0.29, 0.717) is 5.58 Å². The lowest BCUT2D eigenvalue weighted by Crippen LogP contribution is -1.98. The fourth-order valence-electron chi connectivity index (χ4n) is 1.15. The minimum atomic E-state index is -0.825. The van der Waals surface area contributed by atoms with Gasteiger partial charge in [-0.05, 0) is 18.2 Å². The van der Waals surface area contributed by atoms with Crippen molar-refractivity contribution in [2.45, 2.75) is 6.42 Å². The van der Waals surface area contributed by atoms with Crippen LogP contribution in [0.15, 0.2) is 22.6 Å². The molecule has 56 valence electrons. The zero-order valence-electron chi connectivity index (χ0n) is 5.70. The molecule has 0 saturated carbocycles. The smallest absolute Gasteiger partial charge is 0.307 e. The van der Waals surface area contributed by atoms with Gasteiger partial charge in [0.05, 0.1) is 6.42 Å². The zero-order valence-corrected chi connectivity index (χ0v) is 5.70. The number of hydrogen-bond donors (Lipinski definition) is 1. The number of fused-ring (bicyclic) bond motifs is 2. The van der Waals surface area contributed by atoms with Crippen molar-refractivity contribution >= 4 is 17.1 Å². The molecule has 3 nitrogen and oxygen atoms in total. The minimum Gasteiger partial charge on any atom is -0.481 e. The molecule has 2 aromatic rings. The Morgan fingerprint density at radius 3 is 2.82 bits per heavy atom. The maximum atomic E-state index is 10.3. The molecule has 2 bridgehead atoms. The van der Waals surface area contributed by atoms with Crippen LogP contribution in [0.4, 0.5) is 0 Å². The van der Waals surface area contributed by atoms with Crippen LogP contribution in [0, 0.1) is 0 Å². The molecule has 11 heavy (non-hydrogen) atoms. The van der Waals surface area contributed by atoms with Gasteiger partial charge in [0.1, 0.15) is 11.2 Å². The van der Waals surface area contributed by atoms with Gasteiger partial charge in [0.2, 0.25) is 0 Å². The topological polar surface area (TPSA) is 50.4 Å². The molecule has 0 unspecified atom stereocenters. The van der Waals surface area contributed by atoms with Crippen LogP contribution in [0.3, 0.4) is 0 Å². The normalized spacial score (nSPS) is 10.9. The van der Waals surface area contributed by atoms with Crippen molar-refractivity contribution in [2.24, 2.45) is 0 Å². The van der Waals surface area contributed by atoms with E-state index in [1.54, 1.807) is 12.1 Å². The third kappa shape index (κ3) is 0.941. The van der Waals surface area contributed by atoms with E-state index in [9.17, 15) is 4.79 Å². The van der Waals surface area contributed by atoms with Crippen LogP contribution in [-0.4, -0.2) is 11.1 Å². The monoisotopic (exact) mass is 150 g/mol. The lowest BCUT2D eigenvalue weighted by Gasteiger charge is -1.88. The Bertz CT molecular complexity index is 374. The van der Waals surface area contributed by atoms with E-state index in [2.05, 4.69) is 0 Å². The van der Waals surface area contributed by atoms with Crippen molar-refractivity contribution in [2.75, 3.05) is 0 Å². The molecule has 0 spiro atoms. The minimum absolute atomic E-state index is 0.0448. The average Bonchev–Trinajstić information content (AvgIpc) is 2.45. The third-order valence-electron chi connectivity index (χ3n) is 1.60. The van der Waals surface area contributed by atoms with Gasteiger partial charge in [0, 0.05) is 5.56 Å². The highest BCUT2D eigenvalue weighted by Gasteiger charge is 2.09. The lowest BCUT2D eigenvalue weighted by molar-refractivity contribution is -0.136. The summed E-state index contributed by atoms with van der Waals surface area (Å²) in [6.07, 6.45) is 0.0448. The molecule has 2 aromatic heterocycles. The molecule has 0 atom stereocenters. The first kappa shape index (κ1) is 6.22. The van der Waals surface area contributed by atoms with Crippen LogP contribution in [0.25, 0.3) is 11.2 Å². The quantitative estimate of drug-likeness (QED) is 0.705. The number of hydrogen-bond acceptors (Lipinski definition) is 2. The SMILES string of the molecule is O=C(O)Cc1cc2ccc1o2.